The van der Waals surface area contributed by atoms with Gasteiger partial charge in [0.05, 0.1) is 0 Å². The van der Waals surface area contributed by atoms with E-state index >= 15 is 0 Å². The van der Waals surface area contributed by atoms with E-state index in [4.69, 9.17) is 5.73 Å². The molecule has 1 aromatic rings. The molecule has 1 aromatic heterocycles. The number of hydrogen-bond donors (Lipinski definition) is 2. The van der Waals surface area contributed by atoms with Crippen molar-refractivity contribution in [3.63, 3.8) is 0 Å². The fourth-order valence-electron chi connectivity index (χ4n) is 1.69. The molecular formula is C9H14N4. The van der Waals surface area contributed by atoms with Gasteiger partial charge in [-0.2, -0.15) is 0 Å². The van der Waals surface area contributed by atoms with Gasteiger partial charge in [0.2, 0.25) is 0 Å². The third-order valence-corrected chi connectivity index (χ3v) is 2.43. The molecule has 0 aromatic carbocycles. The third kappa shape index (κ3) is 2.02. The van der Waals surface area contributed by atoms with E-state index in [2.05, 4.69) is 15.3 Å². The molecule has 0 aliphatic carbocycles. The molecule has 13 heavy (non-hydrogen) atoms. The number of nitrogens with two attached hydrogens (primary N) is 1. The molecule has 1 aliphatic rings. The summed E-state index contributed by atoms with van der Waals surface area (Å²) in [7, 11) is 0. The lowest BCUT2D eigenvalue weighted by atomic mass is 9.96. The van der Waals surface area contributed by atoms with Gasteiger partial charge in [0.1, 0.15) is 6.33 Å². The van der Waals surface area contributed by atoms with Gasteiger partial charge >= 0.3 is 0 Å². The van der Waals surface area contributed by atoms with Gasteiger partial charge in [0.25, 0.3) is 0 Å². The summed E-state index contributed by atoms with van der Waals surface area (Å²) in [5.41, 5.74) is 7.02. The summed E-state index contributed by atoms with van der Waals surface area (Å²) in [6.07, 6.45) is 7.29. The number of rotatable bonds is 1. The quantitative estimate of drug-likeness (QED) is 0.646. The van der Waals surface area contributed by atoms with E-state index in [0.717, 1.165) is 24.9 Å². The van der Waals surface area contributed by atoms with Gasteiger partial charge in [0.15, 0.2) is 0 Å². The van der Waals surface area contributed by atoms with Gasteiger partial charge in [-0.3, -0.25) is 0 Å². The van der Waals surface area contributed by atoms with Gasteiger partial charge in [-0.05, 0) is 19.4 Å². The molecule has 0 bridgehead atoms. The Kier molecular flexibility index (Phi) is 2.52. The average molecular weight is 178 g/mol. The third-order valence-electron chi connectivity index (χ3n) is 2.43. The monoisotopic (exact) mass is 178 g/mol. The van der Waals surface area contributed by atoms with Crippen LogP contribution < -0.4 is 11.1 Å². The molecule has 3 N–H and O–H groups in total. The number of hydrogen-bond acceptors (Lipinski definition) is 4. The van der Waals surface area contributed by atoms with Gasteiger partial charge in [-0.25, -0.2) is 9.97 Å². The second-order valence-corrected chi connectivity index (χ2v) is 3.46. The van der Waals surface area contributed by atoms with Crippen LogP contribution in [-0.2, 0) is 0 Å². The molecule has 2 atom stereocenters. The summed E-state index contributed by atoms with van der Waals surface area (Å²) in [5.74, 6) is 0. The number of nitrogens with one attached hydrogen (secondary N) is 1. The van der Waals surface area contributed by atoms with Crippen molar-refractivity contribution in [3.05, 3.63) is 24.3 Å². The Morgan fingerprint density at radius 1 is 1.38 bits per heavy atom. The van der Waals surface area contributed by atoms with E-state index in [1.165, 1.54) is 0 Å². The van der Waals surface area contributed by atoms with Crippen LogP contribution in [0.1, 0.15) is 24.4 Å². The van der Waals surface area contributed by atoms with E-state index in [-0.39, 0.29) is 0 Å². The van der Waals surface area contributed by atoms with Crippen molar-refractivity contribution >= 4 is 0 Å². The first-order valence-electron chi connectivity index (χ1n) is 4.60. The Hall–Kier alpha value is -1.00. The van der Waals surface area contributed by atoms with Crippen LogP contribution in [0.15, 0.2) is 18.7 Å². The summed E-state index contributed by atoms with van der Waals surface area (Å²) in [5, 5.41) is 3.41. The minimum absolute atomic E-state index is 0.312. The van der Waals surface area contributed by atoms with Crippen LogP contribution >= 0.6 is 0 Å². The van der Waals surface area contributed by atoms with Crippen LogP contribution in [0, 0.1) is 0 Å². The molecule has 1 fully saturated rings. The van der Waals surface area contributed by atoms with Gasteiger partial charge in [0, 0.05) is 30.0 Å². The van der Waals surface area contributed by atoms with E-state index in [1.807, 2.05) is 12.4 Å². The first-order valence-corrected chi connectivity index (χ1v) is 4.60. The highest BCUT2D eigenvalue weighted by molar-refractivity contribution is 5.10. The molecule has 4 nitrogen and oxygen atoms in total. The Labute approximate surface area is 77.6 Å². The van der Waals surface area contributed by atoms with Crippen molar-refractivity contribution < 1.29 is 0 Å². The maximum absolute atomic E-state index is 5.88. The normalized spacial score (nSPS) is 28.7. The summed E-state index contributed by atoms with van der Waals surface area (Å²) in [6, 6.07) is 0.649. The lowest BCUT2D eigenvalue weighted by Crippen LogP contribution is -2.38. The first kappa shape index (κ1) is 8.59. The molecule has 2 rings (SSSR count). The van der Waals surface area contributed by atoms with Crippen LogP contribution in [0.25, 0.3) is 0 Å². The van der Waals surface area contributed by atoms with Crippen molar-refractivity contribution in [1.82, 2.24) is 15.3 Å². The summed E-state index contributed by atoms with van der Waals surface area (Å²) >= 11 is 0. The van der Waals surface area contributed by atoms with Gasteiger partial charge in [-0.1, -0.05) is 0 Å². The Morgan fingerprint density at radius 3 is 2.85 bits per heavy atom. The first-order chi connectivity index (χ1) is 6.36. The van der Waals surface area contributed by atoms with Crippen molar-refractivity contribution in [2.24, 2.45) is 5.73 Å². The maximum Gasteiger partial charge on any atom is 0.115 e. The molecule has 0 saturated carbocycles. The Balaban J connectivity index is 2.08. The largest absolute Gasteiger partial charge is 0.328 e. The SMILES string of the molecule is NC1CCNC(c2cncnc2)C1. The second-order valence-electron chi connectivity index (χ2n) is 3.46. The van der Waals surface area contributed by atoms with Crippen LogP contribution in [-0.4, -0.2) is 22.6 Å². The fourth-order valence-corrected chi connectivity index (χ4v) is 1.69. The minimum Gasteiger partial charge on any atom is -0.328 e. The second kappa shape index (κ2) is 3.81. The maximum atomic E-state index is 5.88. The Morgan fingerprint density at radius 2 is 2.15 bits per heavy atom. The smallest absolute Gasteiger partial charge is 0.115 e. The van der Waals surface area contributed by atoms with Crippen LogP contribution in [0.2, 0.25) is 0 Å². The topological polar surface area (TPSA) is 63.8 Å². The summed E-state index contributed by atoms with van der Waals surface area (Å²) in [6.45, 7) is 0.987. The number of piperidine rings is 1. The van der Waals surface area contributed by atoms with Crippen molar-refractivity contribution in [2.75, 3.05) is 6.54 Å². The highest BCUT2D eigenvalue weighted by Gasteiger charge is 2.19. The zero-order valence-electron chi connectivity index (χ0n) is 7.48. The van der Waals surface area contributed by atoms with E-state index in [1.54, 1.807) is 6.33 Å². The van der Waals surface area contributed by atoms with E-state index in [9.17, 15) is 0 Å². The van der Waals surface area contributed by atoms with Gasteiger partial charge < -0.3 is 11.1 Å². The lowest BCUT2D eigenvalue weighted by molar-refractivity contribution is 0.368. The molecular weight excluding hydrogens is 164 g/mol. The van der Waals surface area contributed by atoms with Crippen LogP contribution in [0.5, 0.6) is 0 Å². The van der Waals surface area contributed by atoms with E-state index in [0.29, 0.717) is 12.1 Å². The molecule has 4 heteroatoms. The molecule has 2 heterocycles. The molecule has 0 spiro atoms. The molecule has 0 radical (unpaired) electrons. The summed E-state index contributed by atoms with van der Waals surface area (Å²) < 4.78 is 0. The fraction of sp³-hybridized carbons (Fsp3) is 0.556. The molecule has 70 valence electrons. The van der Waals surface area contributed by atoms with Crippen molar-refractivity contribution in [1.29, 1.82) is 0 Å². The van der Waals surface area contributed by atoms with Crippen molar-refractivity contribution in [2.45, 2.75) is 24.9 Å². The highest BCUT2D eigenvalue weighted by Crippen LogP contribution is 2.20. The lowest BCUT2D eigenvalue weighted by Gasteiger charge is -2.27. The molecule has 0 amide bonds. The highest BCUT2D eigenvalue weighted by atomic mass is 15.0. The number of nitrogens with zero attached hydrogens (tertiary/aromatic N) is 2. The molecule has 2 unspecified atom stereocenters. The predicted molar refractivity (Wildman–Crippen MR) is 50.0 cm³/mol. The Bertz CT molecular complexity index is 262. The van der Waals surface area contributed by atoms with Gasteiger partial charge in [-0.15, -0.1) is 0 Å². The average Bonchev–Trinajstić information content (AvgIpc) is 2.19. The summed E-state index contributed by atoms with van der Waals surface area (Å²) in [4.78, 5) is 7.99. The predicted octanol–water partition coefficient (Wildman–Crippen LogP) is 0.228. The van der Waals surface area contributed by atoms with E-state index < -0.39 is 0 Å². The van der Waals surface area contributed by atoms with Crippen LogP contribution in [0.4, 0.5) is 0 Å². The van der Waals surface area contributed by atoms with Crippen LogP contribution in [0.3, 0.4) is 0 Å². The molecule has 1 aliphatic heterocycles. The standard InChI is InChI=1S/C9H14N4/c10-8-1-2-13-9(3-8)7-4-11-6-12-5-7/h4-6,8-9,13H,1-3,10H2. The zero-order valence-corrected chi connectivity index (χ0v) is 7.48. The molecule has 1 saturated heterocycles. The number of aromatic nitrogens is 2. The minimum atomic E-state index is 0.312. The van der Waals surface area contributed by atoms with Crippen molar-refractivity contribution in [3.8, 4) is 0 Å². The zero-order chi connectivity index (χ0) is 9.10.